The van der Waals surface area contributed by atoms with Crippen LogP contribution >= 0.6 is 0 Å². The average Bonchev–Trinajstić information content (AvgIpc) is 2.34. The zero-order valence-corrected chi connectivity index (χ0v) is 13.3. The van der Waals surface area contributed by atoms with E-state index in [2.05, 4.69) is 0 Å². The normalized spacial score (nSPS) is 15.6. The molecule has 0 aliphatic carbocycles. The molecule has 0 radical (unpaired) electrons. The Morgan fingerprint density at radius 1 is 0.840 bits per heavy atom. The van der Waals surface area contributed by atoms with E-state index in [1.54, 1.807) is 0 Å². The largest absolute Gasteiger partial charge is 1.00 e. The van der Waals surface area contributed by atoms with Gasteiger partial charge in [-0.1, -0.05) is 12.8 Å². The fourth-order valence-corrected chi connectivity index (χ4v) is 2.00. The first-order valence-corrected chi connectivity index (χ1v) is 7.58. The van der Waals surface area contributed by atoms with Crippen molar-refractivity contribution in [3.8, 4) is 0 Å². The summed E-state index contributed by atoms with van der Waals surface area (Å²) in [6, 6.07) is 0. The van der Waals surface area contributed by atoms with Gasteiger partial charge in [0.2, 0.25) is 0 Å². The van der Waals surface area contributed by atoms with Crippen molar-refractivity contribution in [1.29, 1.82) is 0 Å². The Labute approximate surface area is 148 Å². The Hall–Kier alpha value is -0.193. The monoisotopic (exact) mass is 408 g/mol. The number of halogens is 10. The van der Waals surface area contributed by atoms with Crippen molar-refractivity contribution in [3.63, 3.8) is 0 Å². The van der Waals surface area contributed by atoms with Gasteiger partial charge in [-0.25, -0.2) is 12.8 Å². The molecule has 0 N–H and O–H groups in total. The summed E-state index contributed by atoms with van der Waals surface area (Å²) >= 11 is 0. The van der Waals surface area contributed by atoms with Gasteiger partial charge in [0.25, 0.3) is 0 Å². The number of hydrogen-bond donors (Lipinski definition) is 0. The maximum Gasteiger partial charge on any atom is 1.00 e. The van der Waals surface area contributed by atoms with Crippen LogP contribution < -0.4 is 18.9 Å². The smallest absolute Gasteiger partial charge is 0.743 e. The standard InChI is InChI=1S/C10H12F10O3S.Li/c11-6(4-2-1-3-5-7(12,13)14)8(15,16)9(17,18)10(19,20)24(21,22)23;/h6H,1-5H2,(H,21,22,23);/q;+1/p-1. The zero-order valence-electron chi connectivity index (χ0n) is 12.5. The molecule has 15 heteroatoms. The molecular weight excluding hydrogens is 397 g/mol. The minimum absolute atomic E-state index is 0. The molecule has 3 nitrogen and oxygen atoms in total. The molecule has 0 saturated heterocycles. The first-order chi connectivity index (χ1) is 10.4. The third-order valence-corrected chi connectivity index (χ3v) is 3.79. The van der Waals surface area contributed by atoms with Gasteiger partial charge in [0.15, 0.2) is 16.3 Å². The molecule has 146 valence electrons. The molecule has 0 spiro atoms. The Morgan fingerprint density at radius 3 is 1.64 bits per heavy atom. The fourth-order valence-electron chi connectivity index (χ4n) is 1.55. The molecule has 0 amide bonds. The molecule has 0 heterocycles. The van der Waals surface area contributed by atoms with Gasteiger partial charge in [-0.3, -0.25) is 0 Å². The van der Waals surface area contributed by atoms with Gasteiger partial charge in [0, 0.05) is 6.42 Å². The van der Waals surface area contributed by atoms with Gasteiger partial charge in [-0.05, 0) is 12.8 Å². The average molecular weight is 408 g/mol. The molecule has 25 heavy (non-hydrogen) atoms. The molecule has 0 fully saturated rings. The Morgan fingerprint density at radius 2 is 1.28 bits per heavy atom. The summed E-state index contributed by atoms with van der Waals surface area (Å²) in [5.74, 6) is -13.1. The SMILES string of the molecule is O=S(=O)([O-])C(F)(F)C(F)(F)C(F)(F)C(F)CCCCCC(F)(F)F.[Li+]. The van der Waals surface area contributed by atoms with Crippen LogP contribution in [-0.4, -0.2) is 42.4 Å². The molecule has 1 unspecified atom stereocenters. The van der Waals surface area contributed by atoms with Crippen LogP contribution in [0, 0.1) is 0 Å². The van der Waals surface area contributed by atoms with Crippen LogP contribution in [0.25, 0.3) is 0 Å². The van der Waals surface area contributed by atoms with E-state index < -0.39 is 71.7 Å². The van der Waals surface area contributed by atoms with Crippen LogP contribution in [0.15, 0.2) is 0 Å². The second-order valence-electron chi connectivity index (χ2n) is 4.85. The molecule has 0 aliphatic rings. The van der Waals surface area contributed by atoms with Crippen LogP contribution in [0.5, 0.6) is 0 Å². The molecule has 0 aromatic heterocycles. The summed E-state index contributed by atoms with van der Waals surface area (Å²) in [7, 11) is -7.23. The van der Waals surface area contributed by atoms with Crippen molar-refractivity contribution in [2.45, 2.75) is 61.6 Å². The van der Waals surface area contributed by atoms with Crippen molar-refractivity contribution in [2.24, 2.45) is 0 Å². The van der Waals surface area contributed by atoms with E-state index in [0.29, 0.717) is 0 Å². The van der Waals surface area contributed by atoms with E-state index >= 15 is 0 Å². The molecule has 0 bridgehead atoms. The van der Waals surface area contributed by atoms with Crippen LogP contribution in [0.1, 0.15) is 32.1 Å². The van der Waals surface area contributed by atoms with Crippen molar-refractivity contribution < 1.29 is 75.7 Å². The Bertz CT molecular complexity index is 520. The maximum atomic E-state index is 13.2. The Kier molecular flexibility index (Phi) is 9.37. The van der Waals surface area contributed by atoms with Crippen molar-refractivity contribution >= 4 is 10.1 Å². The van der Waals surface area contributed by atoms with E-state index in [-0.39, 0.29) is 18.9 Å². The van der Waals surface area contributed by atoms with E-state index in [4.69, 9.17) is 0 Å². The van der Waals surface area contributed by atoms with Gasteiger partial charge < -0.3 is 4.55 Å². The summed E-state index contributed by atoms with van der Waals surface area (Å²) in [5, 5.41) is -6.77. The third kappa shape index (κ3) is 6.48. The topological polar surface area (TPSA) is 57.2 Å². The summed E-state index contributed by atoms with van der Waals surface area (Å²) in [5.41, 5.74) is 0. The Balaban J connectivity index is 0. The molecule has 0 aliphatic heterocycles. The van der Waals surface area contributed by atoms with Gasteiger partial charge in [0.05, 0.1) is 0 Å². The first-order valence-electron chi connectivity index (χ1n) is 6.17. The minimum atomic E-state index is -7.23. The predicted molar refractivity (Wildman–Crippen MR) is 58.6 cm³/mol. The van der Waals surface area contributed by atoms with Gasteiger partial charge >= 0.3 is 42.1 Å². The number of alkyl halides is 10. The van der Waals surface area contributed by atoms with E-state index in [1.807, 2.05) is 0 Å². The molecule has 0 aromatic carbocycles. The second kappa shape index (κ2) is 8.66. The van der Waals surface area contributed by atoms with Crippen molar-refractivity contribution in [2.75, 3.05) is 0 Å². The minimum Gasteiger partial charge on any atom is -0.743 e. The molecule has 0 saturated carbocycles. The van der Waals surface area contributed by atoms with Gasteiger partial charge in [0.1, 0.15) is 0 Å². The number of hydrogen-bond acceptors (Lipinski definition) is 3. The van der Waals surface area contributed by atoms with Crippen LogP contribution in [0.3, 0.4) is 0 Å². The molecule has 0 aromatic rings. The van der Waals surface area contributed by atoms with Crippen molar-refractivity contribution in [1.82, 2.24) is 0 Å². The number of rotatable bonds is 9. The number of unbranched alkanes of at least 4 members (excludes halogenated alkanes) is 2. The molecule has 0 rings (SSSR count). The quantitative estimate of drug-likeness (QED) is 0.250. The van der Waals surface area contributed by atoms with Crippen LogP contribution in [0.2, 0.25) is 0 Å². The summed E-state index contributed by atoms with van der Waals surface area (Å²) in [6.45, 7) is 0. The van der Waals surface area contributed by atoms with E-state index in [0.717, 1.165) is 0 Å². The summed E-state index contributed by atoms with van der Waals surface area (Å²) in [4.78, 5) is 0. The molecule has 1 atom stereocenters. The van der Waals surface area contributed by atoms with Crippen LogP contribution in [-0.2, 0) is 10.1 Å². The predicted octanol–water partition coefficient (Wildman–Crippen LogP) is 1.25. The first kappa shape index (κ1) is 27.0. The fraction of sp³-hybridized carbons (Fsp3) is 1.00. The van der Waals surface area contributed by atoms with Gasteiger partial charge in [-0.15, -0.1) is 0 Å². The second-order valence-corrected chi connectivity index (χ2v) is 6.27. The van der Waals surface area contributed by atoms with Gasteiger partial charge in [-0.2, -0.15) is 39.5 Å². The summed E-state index contributed by atoms with van der Waals surface area (Å²) < 4.78 is 156. The summed E-state index contributed by atoms with van der Waals surface area (Å²) in [6.07, 6.45) is -13.4. The zero-order chi connectivity index (χ0) is 19.6. The van der Waals surface area contributed by atoms with E-state index in [1.165, 1.54) is 0 Å². The third-order valence-electron chi connectivity index (χ3n) is 2.91. The maximum absolute atomic E-state index is 13.2. The van der Waals surface area contributed by atoms with Crippen LogP contribution in [0.4, 0.5) is 43.9 Å². The molecular formula is C10H11F10LiO3S. The van der Waals surface area contributed by atoms with E-state index in [9.17, 15) is 56.9 Å². The van der Waals surface area contributed by atoms with Crippen molar-refractivity contribution in [3.05, 3.63) is 0 Å².